The van der Waals surface area contributed by atoms with E-state index in [4.69, 9.17) is 9.47 Å². The molecule has 0 unspecified atom stereocenters. The summed E-state index contributed by atoms with van der Waals surface area (Å²) >= 11 is 0. The van der Waals surface area contributed by atoms with Crippen molar-refractivity contribution < 1.29 is 9.47 Å². The summed E-state index contributed by atoms with van der Waals surface area (Å²) in [6.45, 7) is 5.91. The summed E-state index contributed by atoms with van der Waals surface area (Å²) < 4.78 is 11.5. The number of nitrogens with zero attached hydrogens (tertiary/aromatic N) is 1. The molecule has 104 valence electrons. The molecule has 2 aliphatic rings. The molecule has 0 aromatic carbocycles. The van der Waals surface area contributed by atoms with E-state index in [9.17, 15) is 0 Å². The van der Waals surface area contributed by atoms with Crippen LogP contribution in [0.1, 0.15) is 42.2 Å². The molecule has 1 N–H and O–H groups in total. The largest absolute Gasteiger partial charge is 0.382 e. The first-order chi connectivity index (χ1) is 9.20. The van der Waals surface area contributed by atoms with E-state index < -0.39 is 0 Å². The second-order valence-electron chi connectivity index (χ2n) is 5.70. The standard InChI is InChI=1S/C15H22N2O2/c1-9-4-5-16-15-13(8-18-3)19-12-7-17-10(2)6-11(12)14(9)15/h4-5,10-13,17H,6-8H2,1-3H3/t10-,11+,12-,13-/m1/s1. The molecule has 1 fully saturated rings. The first kappa shape index (κ1) is 13.0. The highest BCUT2D eigenvalue weighted by Gasteiger charge is 2.40. The third kappa shape index (κ3) is 2.29. The Morgan fingerprint density at radius 2 is 2.37 bits per heavy atom. The minimum Gasteiger partial charge on any atom is -0.382 e. The Kier molecular flexibility index (Phi) is 3.56. The summed E-state index contributed by atoms with van der Waals surface area (Å²) in [5, 5.41) is 3.51. The van der Waals surface area contributed by atoms with Crippen LogP contribution in [0.5, 0.6) is 0 Å². The minimum absolute atomic E-state index is 0.0312. The molecule has 4 atom stereocenters. The summed E-state index contributed by atoms with van der Waals surface area (Å²) in [6, 6.07) is 2.65. The molecular weight excluding hydrogens is 240 g/mol. The van der Waals surface area contributed by atoms with Crippen molar-refractivity contribution in [2.75, 3.05) is 20.3 Å². The molecular formula is C15H22N2O2. The molecule has 0 amide bonds. The lowest BCUT2D eigenvalue weighted by Gasteiger charge is -2.43. The number of nitrogens with one attached hydrogen (secondary N) is 1. The predicted octanol–water partition coefficient (Wildman–Crippen LogP) is 1.94. The molecule has 4 heteroatoms. The second kappa shape index (κ2) is 5.19. The van der Waals surface area contributed by atoms with Gasteiger partial charge in [-0.2, -0.15) is 0 Å². The molecule has 1 aromatic rings. The van der Waals surface area contributed by atoms with E-state index in [2.05, 4.69) is 30.2 Å². The number of pyridine rings is 1. The van der Waals surface area contributed by atoms with Crippen LogP contribution in [0.3, 0.4) is 0 Å². The van der Waals surface area contributed by atoms with Crippen molar-refractivity contribution in [3.05, 3.63) is 29.1 Å². The molecule has 1 aromatic heterocycles. The fourth-order valence-electron chi connectivity index (χ4n) is 3.40. The Labute approximate surface area is 114 Å². The highest BCUT2D eigenvalue weighted by atomic mass is 16.5. The van der Waals surface area contributed by atoms with Gasteiger partial charge in [0.2, 0.25) is 0 Å². The summed E-state index contributed by atoms with van der Waals surface area (Å²) in [5.74, 6) is 0.466. The van der Waals surface area contributed by atoms with Gasteiger partial charge in [0, 0.05) is 31.8 Å². The van der Waals surface area contributed by atoms with Gasteiger partial charge in [-0.05, 0) is 37.5 Å². The number of aryl methyl sites for hydroxylation is 1. The van der Waals surface area contributed by atoms with Crippen molar-refractivity contribution in [2.24, 2.45) is 0 Å². The number of fused-ring (bicyclic) bond motifs is 3. The Bertz CT molecular complexity index is 463. The lowest BCUT2D eigenvalue weighted by atomic mass is 9.79. The average molecular weight is 262 g/mol. The second-order valence-corrected chi connectivity index (χ2v) is 5.70. The van der Waals surface area contributed by atoms with Crippen LogP contribution in [0.4, 0.5) is 0 Å². The van der Waals surface area contributed by atoms with Crippen LogP contribution < -0.4 is 5.32 Å². The van der Waals surface area contributed by atoms with Gasteiger partial charge >= 0.3 is 0 Å². The summed E-state index contributed by atoms with van der Waals surface area (Å²) in [7, 11) is 1.71. The maximum atomic E-state index is 6.21. The first-order valence-electron chi connectivity index (χ1n) is 7.04. The zero-order valence-corrected chi connectivity index (χ0v) is 11.8. The highest BCUT2D eigenvalue weighted by Crippen LogP contribution is 2.42. The van der Waals surface area contributed by atoms with Crippen molar-refractivity contribution in [1.82, 2.24) is 10.3 Å². The molecule has 3 heterocycles. The van der Waals surface area contributed by atoms with Crippen LogP contribution in [-0.2, 0) is 9.47 Å². The van der Waals surface area contributed by atoms with Gasteiger partial charge in [-0.3, -0.25) is 4.98 Å². The number of methoxy groups -OCH3 is 1. The number of rotatable bonds is 2. The Hall–Kier alpha value is -0.970. The fourth-order valence-corrected chi connectivity index (χ4v) is 3.40. The van der Waals surface area contributed by atoms with Crippen LogP contribution in [-0.4, -0.2) is 37.4 Å². The van der Waals surface area contributed by atoms with Gasteiger partial charge in [0.25, 0.3) is 0 Å². The van der Waals surface area contributed by atoms with Crippen LogP contribution >= 0.6 is 0 Å². The highest BCUT2D eigenvalue weighted by molar-refractivity contribution is 5.37. The van der Waals surface area contributed by atoms with E-state index in [1.165, 1.54) is 11.1 Å². The number of hydrogen-bond acceptors (Lipinski definition) is 4. The van der Waals surface area contributed by atoms with Gasteiger partial charge in [0.1, 0.15) is 6.10 Å². The lowest BCUT2D eigenvalue weighted by molar-refractivity contribution is -0.0842. The predicted molar refractivity (Wildman–Crippen MR) is 73.3 cm³/mol. The van der Waals surface area contributed by atoms with E-state index >= 15 is 0 Å². The average Bonchev–Trinajstić information content (AvgIpc) is 2.40. The van der Waals surface area contributed by atoms with E-state index in [0.717, 1.165) is 18.7 Å². The molecule has 0 bridgehead atoms. The van der Waals surface area contributed by atoms with Crippen molar-refractivity contribution in [2.45, 2.75) is 44.4 Å². The molecule has 0 saturated carbocycles. The molecule has 2 aliphatic heterocycles. The quantitative estimate of drug-likeness (QED) is 0.884. The molecule has 3 rings (SSSR count). The van der Waals surface area contributed by atoms with Gasteiger partial charge in [-0.15, -0.1) is 0 Å². The van der Waals surface area contributed by atoms with Gasteiger partial charge in [0.15, 0.2) is 0 Å². The lowest BCUT2D eigenvalue weighted by Crippen LogP contribution is -2.49. The molecule has 1 saturated heterocycles. The smallest absolute Gasteiger partial charge is 0.123 e. The van der Waals surface area contributed by atoms with Crippen molar-refractivity contribution in [1.29, 1.82) is 0 Å². The monoisotopic (exact) mass is 262 g/mol. The summed E-state index contributed by atoms with van der Waals surface area (Å²) in [4.78, 5) is 4.57. The van der Waals surface area contributed by atoms with Gasteiger partial charge in [-0.1, -0.05) is 0 Å². The maximum absolute atomic E-state index is 6.21. The Morgan fingerprint density at radius 3 is 3.16 bits per heavy atom. The van der Waals surface area contributed by atoms with Crippen molar-refractivity contribution in [3.63, 3.8) is 0 Å². The zero-order valence-electron chi connectivity index (χ0n) is 11.8. The van der Waals surface area contributed by atoms with E-state index in [0.29, 0.717) is 18.6 Å². The third-order valence-electron chi connectivity index (χ3n) is 4.30. The normalized spacial score (nSPS) is 33.6. The Balaban J connectivity index is 2.02. The van der Waals surface area contributed by atoms with Gasteiger partial charge in [0.05, 0.1) is 18.4 Å². The van der Waals surface area contributed by atoms with E-state index in [1.54, 1.807) is 7.11 Å². The SMILES string of the molecule is COC[C@H]1O[C@@H]2CN[C@H](C)C[C@@H]2c2c(C)ccnc21. The number of aromatic nitrogens is 1. The van der Waals surface area contributed by atoms with Crippen molar-refractivity contribution in [3.8, 4) is 0 Å². The third-order valence-corrected chi connectivity index (χ3v) is 4.30. The molecule has 4 nitrogen and oxygen atoms in total. The number of ether oxygens (including phenoxy) is 2. The minimum atomic E-state index is -0.0312. The fraction of sp³-hybridized carbons (Fsp3) is 0.667. The van der Waals surface area contributed by atoms with Crippen LogP contribution in [0.2, 0.25) is 0 Å². The van der Waals surface area contributed by atoms with E-state index in [-0.39, 0.29) is 12.2 Å². The van der Waals surface area contributed by atoms with Crippen LogP contribution in [0.15, 0.2) is 12.3 Å². The number of piperidine rings is 1. The van der Waals surface area contributed by atoms with Gasteiger partial charge < -0.3 is 14.8 Å². The van der Waals surface area contributed by atoms with Crippen LogP contribution in [0.25, 0.3) is 0 Å². The molecule has 0 spiro atoms. The van der Waals surface area contributed by atoms with Gasteiger partial charge in [-0.25, -0.2) is 0 Å². The number of hydrogen-bond donors (Lipinski definition) is 1. The summed E-state index contributed by atoms with van der Waals surface area (Å²) in [5.41, 5.74) is 3.81. The summed E-state index contributed by atoms with van der Waals surface area (Å²) in [6.07, 6.45) is 3.21. The zero-order chi connectivity index (χ0) is 13.4. The van der Waals surface area contributed by atoms with Crippen molar-refractivity contribution >= 4 is 0 Å². The first-order valence-corrected chi connectivity index (χ1v) is 7.04. The topological polar surface area (TPSA) is 43.4 Å². The van der Waals surface area contributed by atoms with Crippen LogP contribution in [0, 0.1) is 6.92 Å². The Morgan fingerprint density at radius 1 is 1.53 bits per heavy atom. The molecule has 19 heavy (non-hydrogen) atoms. The molecule has 0 radical (unpaired) electrons. The molecule has 0 aliphatic carbocycles. The maximum Gasteiger partial charge on any atom is 0.123 e. The van der Waals surface area contributed by atoms with E-state index in [1.807, 2.05) is 6.20 Å².